The monoisotopic (exact) mass is 244 g/mol. The van der Waals surface area contributed by atoms with E-state index in [-0.39, 0.29) is 5.56 Å². The Morgan fingerprint density at radius 3 is 3.06 bits per heavy atom. The van der Waals surface area contributed by atoms with Gasteiger partial charge in [0.05, 0.1) is 0 Å². The molecule has 1 aromatic heterocycles. The number of pyridine rings is 1. The number of nitrogens with zero attached hydrogens (tertiary/aromatic N) is 2. The highest BCUT2D eigenvalue weighted by Crippen LogP contribution is 2.41. The van der Waals surface area contributed by atoms with Crippen molar-refractivity contribution in [2.24, 2.45) is 5.92 Å². The summed E-state index contributed by atoms with van der Waals surface area (Å²) < 4.78 is 2.05. The fourth-order valence-electron chi connectivity index (χ4n) is 4.39. The van der Waals surface area contributed by atoms with Gasteiger partial charge in [0, 0.05) is 36.8 Å². The molecule has 2 bridgehead atoms. The van der Waals surface area contributed by atoms with Gasteiger partial charge in [-0.2, -0.15) is 0 Å². The Balaban J connectivity index is 1.76. The van der Waals surface area contributed by atoms with Crippen LogP contribution in [0.5, 0.6) is 0 Å². The van der Waals surface area contributed by atoms with Crippen molar-refractivity contribution in [1.82, 2.24) is 9.47 Å². The van der Waals surface area contributed by atoms with Crippen LogP contribution >= 0.6 is 0 Å². The van der Waals surface area contributed by atoms with Crippen LogP contribution in [0.4, 0.5) is 0 Å². The molecule has 0 aliphatic carbocycles. The van der Waals surface area contributed by atoms with Crippen LogP contribution in [0.3, 0.4) is 0 Å². The molecule has 0 aromatic carbocycles. The predicted octanol–water partition coefficient (Wildman–Crippen LogP) is 1.82. The summed E-state index contributed by atoms with van der Waals surface area (Å²) in [4.78, 5) is 14.7. The highest BCUT2D eigenvalue weighted by atomic mass is 16.1. The standard InChI is InChI=1S/C15H20N2O/c18-15-6-3-5-14-11-8-12(10-17(14)15)13-4-1-2-7-16(13)9-11/h3,5-6,11-13H,1-2,4,7-10H2/t11-,12-,13+/m1/s1. The molecule has 18 heavy (non-hydrogen) atoms. The van der Waals surface area contributed by atoms with Crippen LogP contribution in [-0.2, 0) is 6.54 Å². The van der Waals surface area contributed by atoms with Gasteiger partial charge in [-0.05, 0) is 37.8 Å². The lowest BCUT2D eigenvalue weighted by Gasteiger charge is -2.50. The topological polar surface area (TPSA) is 25.2 Å². The molecule has 0 spiro atoms. The summed E-state index contributed by atoms with van der Waals surface area (Å²) in [6, 6.07) is 6.54. The van der Waals surface area contributed by atoms with Crippen molar-refractivity contribution in [2.45, 2.75) is 44.2 Å². The van der Waals surface area contributed by atoms with E-state index in [1.54, 1.807) is 6.07 Å². The van der Waals surface area contributed by atoms with E-state index >= 15 is 0 Å². The Morgan fingerprint density at radius 2 is 2.11 bits per heavy atom. The molecule has 4 rings (SSSR count). The van der Waals surface area contributed by atoms with Gasteiger partial charge < -0.3 is 4.57 Å². The second kappa shape index (κ2) is 3.95. The van der Waals surface area contributed by atoms with Gasteiger partial charge in [-0.15, -0.1) is 0 Å². The van der Waals surface area contributed by atoms with Crippen LogP contribution in [0.1, 0.15) is 37.3 Å². The third-order valence-corrected chi connectivity index (χ3v) is 5.17. The quantitative estimate of drug-likeness (QED) is 0.695. The van der Waals surface area contributed by atoms with E-state index in [2.05, 4.69) is 11.0 Å². The molecule has 4 heterocycles. The highest BCUT2D eigenvalue weighted by Gasteiger charge is 2.41. The summed E-state index contributed by atoms with van der Waals surface area (Å²) in [6.45, 7) is 3.39. The number of hydrogen-bond acceptors (Lipinski definition) is 2. The summed E-state index contributed by atoms with van der Waals surface area (Å²) in [5.74, 6) is 1.30. The van der Waals surface area contributed by atoms with Crippen molar-refractivity contribution >= 4 is 0 Å². The maximum Gasteiger partial charge on any atom is 0.250 e. The number of fused-ring (bicyclic) bond motifs is 6. The van der Waals surface area contributed by atoms with E-state index in [1.165, 1.54) is 44.5 Å². The maximum atomic E-state index is 12.0. The van der Waals surface area contributed by atoms with Gasteiger partial charge in [0.1, 0.15) is 0 Å². The number of hydrogen-bond donors (Lipinski definition) is 0. The average Bonchev–Trinajstić information content (AvgIpc) is 2.40. The summed E-state index contributed by atoms with van der Waals surface area (Å²) in [7, 11) is 0. The lowest BCUT2D eigenvalue weighted by Crippen LogP contribution is -2.54. The Labute approximate surface area is 107 Å². The zero-order chi connectivity index (χ0) is 12.1. The van der Waals surface area contributed by atoms with Crippen molar-refractivity contribution in [3.8, 4) is 0 Å². The fourth-order valence-corrected chi connectivity index (χ4v) is 4.39. The van der Waals surface area contributed by atoms with Crippen LogP contribution in [0.2, 0.25) is 0 Å². The molecular formula is C15H20N2O. The third kappa shape index (κ3) is 1.50. The van der Waals surface area contributed by atoms with E-state index < -0.39 is 0 Å². The van der Waals surface area contributed by atoms with Gasteiger partial charge in [-0.1, -0.05) is 12.5 Å². The van der Waals surface area contributed by atoms with E-state index in [0.717, 1.165) is 12.6 Å². The second-order valence-corrected chi connectivity index (χ2v) is 6.15. The van der Waals surface area contributed by atoms with Gasteiger partial charge in [-0.3, -0.25) is 9.69 Å². The smallest absolute Gasteiger partial charge is 0.250 e. The predicted molar refractivity (Wildman–Crippen MR) is 70.8 cm³/mol. The molecule has 3 nitrogen and oxygen atoms in total. The molecule has 3 heteroatoms. The van der Waals surface area contributed by atoms with Gasteiger partial charge in [-0.25, -0.2) is 0 Å². The largest absolute Gasteiger partial charge is 0.312 e. The first-order chi connectivity index (χ1) is 8.83. The minimum atomic E-state index is 0.200. The van der Waals surface area contributed by atoms with Crippen molar-refractivity contribution in [2.75, 3.05) is 13.1 Å². The zero-order valence-electron chi connectivity index (χ0n) is 10.7. The third-order valence-electron chi connectivity index (χ3n) is 5.17. The van der Waals surface area contributed by atoms with Crippen molar-refractivity contribution in [1.29, 1.82) is 0 Å². The molecule has 0 N–H and O–H groups in total. The summed E-state index contributed by atoms with van der Waals surface area (Å²) in [5, 5.41) is 0. The molecule has 0 unspecified atom stereocenters. The van der Waals surface area contributed by atoms with E-state index in [4.69, 9.17) is 0 Å². The lowest BCUT2D eigenvalue weighted by atomic mass is 9.75. The average molecular weight is 244 g/mol. The van der Waals surface area contributed by atoms with Crippen LogP contribution in [0, 0.1) is 5.92 Å². The maximum absolute atomic E-state index is 12.0. The molecule has 0 saturated carbocycles. The van der Waals surface area contributed by atoms with E-state index in [1.807, 2.05) is 10.6 Å². The Morgan fingerprint density at radius 1 is 1.17 bits per heavy atom. The van der Waals surface area contributed by atoms with E-state index in [0.29, 0.717) is 11.8 Å². The van der Waals surface area contributed by atoms with Gasteiger partial charge >= 0.3 is 0 Å². The Bertz CT molecular complexity index is 521. The van der Waals surface area contributed by atoms with Gasteiger partial charge in [0.25, 0.3) is 5.56 Å². The molecule has 0 radical (unpaired) electrons. The molecular weight excluding hydrogens is 224 g/mol. The lowest BCUT2D eigenvalue weighted by molar-refractivity contribution is 0.0248. The minimum Gasteiger partial charge on any atom is -0.312 e. The van der Waals surface area contributed by atoms with E-state index in [9.17, 15) is 4.79 Å². The zero-order valence-corrected chi connectivity index (χ0v) is 10.7. The summed E-state index contributed by atoms with van der Waals surface area (Å²) in [6.07, 6.45) is 5.37. The molecule has 3 aliphatic rings. The second-order valence-electron chi connectivity index (χ2n) is 6.15. The normalized spacial score (nSPS) is 34.8. The number of rotatable bonds is 0. The van der Waals surface area contributed by atoms with Crippen LogP contribution in [0.25, 0.3) is 0 Å². The number of piperidine rings is 2. The first kappa shape index (κ1) is 10.8. The summed E-state index contributed by atoms with van der Waals surface area (Å²) >= 11 is 0. The molecule has 2 saturated heterocycles. The van der Waals surface area contributed by atoms with Crippen LogP contribution < -0.4 is 5.56 Å². The molecule has 2 fully saturated rings. The molecule has 3 atom stereocenters. The van der Waals surface area contributed by atoms with Crippen LogP contribution in [0.15, 0.2) is 23.0 Å². The first-order valence-electron chi connectivity index (χ1n) is 7.27. The SMILES string of the molecule is O=c1cccc2n1C[C@H]1C[C@@H]2CN2CCCC[C@@H]12. The Hall–Kier alpha value is -1.09. The molecule has 1 aromatic rings. The minimum absolute atomic E-state index is 0.200. The van der Waals surface area contributed by atoms with Gasteiger partial charge in [0.15, 0.2) is 0 Å². The molecule has 0 amide bonds. The van der Waals surface area contributed by atoms with Crippen molar-refractivity contribution in [3.05, 3.63) is 34.2 Å². The van der Waals surface area contributed by atoms with Crippen molar-refractivity contribution in [3.63, 3.8) is 0 Å². The van der Waals surface area contributed by atoms with Crippen LogP contribution in [-0.4, -0.2) is 28.6 Å². The van der Waals surface area contributed by atoms with Gasteiger partial charge in [0.2, 0.25) is 0 Å². The Kier molecular flexibility index (Phi) is 2.37. The molecule has 3 aliphatic heterocycles. The fraction of sp³-hybridized carbons (Fsp3) is 0.667. The molecule has 96 valence electrons. The first-order valence-corrected chi connectivity index (χ1v) is 7.27. The number of aromatic nitrogens is 1. The summed E-state index contributed by atoms with van der Waals surface area (Å²) in [5.41, 5.74) is 1.48. The highest BCUT2D eigenvalue weighted by molar-refractivity contribution is 5.18. The van der Waals surface area contributed by atoms with Crippen molar-refractivity contribution < 1.29 is 0 Å².